The van der Waals surface area contributed by atoms with Crippen LogP contribution in [0.1, 0.15) is 108 Å². The minimum absolute atomic E-state index is 0.268. The highest BCUT2D eigenvalue weighted by atomic mass is 15.2. The summed E-state index contributed by atoms with van der Waals surface area (Å²) >= 11 is 0. The molecule has 2 unspecified atom stereocenters. The van der Waals surface area contributed by atoms with Crippen LogP contribution in [0.25, 0.3) is 0 Å². The van der Waals surface area contributed by atoms with Gasteiger partial charge in [0.25, 0.3) is 0 Å². The average molecular weight is 659 g/mol. The molecule has 2 aromatic rings. The normalized spacial score (nSPS) is 28.0. The first kappa shape index (κ1) is 37.5. The maximum Gasteiger partial charge on any atom is 0.0354 e. The van der Waals surface area contributed by atoms with Crippen LogP contribution < -0.4 is 17.2 Å². The fourth-order valence-corrected chi connectivity index (χ4v) is 9.23. The third-order valence-corrected chi connectivity index (χ3v) is 13.1. The van der Waals surface area contributed by atoms with Gasteiger partial charge in [0.2, 0.25) is 0 Å². The molecule has 2 aromatic carbocycles. The Hall–Kier alpha value is -1.80. The van der Waals surface area contributed by atoms with E-state index in [0.717, 1.165) is 58.5 Å². The van der Waals surface area contributed by atoms with E-state index in [9.17, 15) is 0 Å². The summed E-state index contributed by atoms with van der Waals surface area (Å²) < 4.78 is 0. The summed E-state index contributed by atoms with van der Waals surface area (Å²) in [4.78, 5) is 8.18. The van der Waals surface area contributed by atoms with Crippen molar-refractivity contribution in [2.75, 3.05) is 39.3 Å². The van der Waals surface area contributed by atoms with Gasteiger partial charge < -0.3 is 22.1 Å². The maximum atomic E-state index is 6.32. The van der Waals surface area contributed by atoms with E-state index in [2.05, 4.69) is 105 Å². The molecule has 268 valence electrons. The number of hydrogen-bond donors (Lipinski definition) is 3. The Morgan fingerprint density at radius 1 is 0.729 bits per heavy atom. The Morgan fingerprint density at radius 3 is 1.96 bits per heavy atom. The minimum atomic E-state index is 0.268. The third kappa shape index (κ3) is 9.30. The van der Waals surface area contributed by atoms with Crippen molar-refractivity contribution in [2.45, 2.75) is 136 Å². The van der Waals surface area contributed by atoms with Gasteiger partial charge in [-0.05, 0) is 171 Å². The molecule has 3 saturated heterocycles. The van der Waals surface area contributed by atoms with Gasteiger partial charge in [-0.15, -0.1) is 0 Å². The summed E-state index contributed by atoms with van der Waals surface area (Å²) in [7, 11) is 0. The van der Waals surface area contributed by atoms with Crippen LogP contribution in [0.5, 0.6) is 0 Å². The maximum absolute atomic E-state index is 6.32. The summed E-state index contributed by atoms with van der Waals surface area (Å²) in [6.45, 7) is 20.3. The van der Waals surface area contributed by atoms with Gasteiger partial charge in [-0.2, -0.15) is 0 Å². The van der Waals surface area contributed by atoms with E-state index < -0.39 is 0 Å². The van der Waals surface area contributed by atoms with Crippen molar-refractivity contribution >= 4 is 0 Å². The predicted octanol–water partition coefficient (Wildman–Crippen LogP) is 6.40. The number of rotatable bonds is 13. The van der Waals surface area contributed by atoms with Gasteiger partial charge >= 0.3 is 0 Å². The predicted molar refractivity (Wildman–Crippen MR) is 204 cm³/mol. The molecule has 5 rings (SSSR count). The Labute approximate surface area is 294 Å². The van der Waals surface area contributed by atoms with Gasteiger partial charge in [0.05, 0.1) is 0 Å². The second kappa shape index (κ2) is 16.9. The van der Waals surface area contributed by atoms with Gasteiger partial charge in [0, 0.05) is 36.3 Å². The molecule has 0 amide bonds. The van der Waals surface area contributed by atoms with E-state index in [0.29, 0.717) is 42.0 Å². The van der Waals surface area contributed by atoms with Crippen LogP contribution in [0.2, 0.25) is 0 Å². The van der Waals surface area contributed by atoms with E-state index in [4.69, 9.17) is 17.2 Å². The van der Waals surface area contributed by atoms with Crippen LogP contribution in [-0.2, 0) is 19.3 Å². The molecule has 0 aromatic heterocycles. The van der Waals surface area contributed by atoms with Gasteiger partial charge in [-0.3, -0.25) is 9.80 Å². The lowest BCUT2D eigenvalue weighted by Crippen LogP contribution is -2.50. The monoisotopic (exact) mass is 659 g/mol. The lowest BCUT2D eigenvalue weighted by molar-refractivity contribution is 0.0749. The number of nitrogens with zero attached hydrogens (tertiary/aromatic N) is 3. The van der Waals surface area contributed by atoms with Gasteiger partial charge in [-0.1, -0.05) is 55.5 Å². The third-order valence-electron chi connectivity index (χ3n) is 13.1. The fourth-order valence-electron chi connectivity index (χ4n) is 9.23. The Morgan fingerprint density at radius 2 is 1.33 bits per heavy atom. The zero-order valence-electron chi connectivity index (χ0n) is 31.4. The zero-order valence-corrected chi connectivity index (χ0v) is 31.4. The standard InChI is InChI=1S/C42H70N6/c1-30(2)47-18-14-38(29-44)27-41(47)39-9-7-8-36(24-39)23-32(4)48-19-15-37(28-43)26-40(48)25-35-12-10-34(11-13-35)22-31(3)46-20-16-42(6,17-21-46)33(5)45/h7-13,24,30-33,37-38,40-41H,14-23,25-29,43-45H2,1-6H3/t31?,32?,33-,37+,38-,40+,41-/m1/s1. The van der Waals surface area contributed by atoms with E-state index in [1.54, 1.807) is 0 Å². The lowest BCUT2D eigenvalue weighted by Gasteiger charge is -2.44. The Balaban J connectivity index is 1.21. The molecule has 0 aliphatic carbocycles. The van der Waals surface area contributed by atoms with Crippen molar-refractivity contribution in [1.29, 1.82) is 0 Å². The molecule has 0 radical (unpaired) electrons. The molecule has 7 atom stereocenters. The highest BCUT2D eigenvalue weighted by Gasteiger charge is 2.35. The van der Waals surface area contributed by atoms with Gasteiger partial charge in [0.15, 0.2) is 0 Å². The van der Waals surface area contributed by atoms with E-state index in [1.165, 1.54) is 60.8 Å². The first-order valence-electron chi connectivity index (χ1n) is 19.6. The molecule has 0 saturated carbocycles. The second-order valence-corrected chi connectivity index (χ2v) is 16.8. The Bertz CT molecular complexity index is 1250. The molecule has 3 aliphatic rings. The van der Waals surface area contributed by atoms with Crippen molar-refractivity contribution in [3.63, 3.8) is 0 Å². The van der Waals surface area contributed by atoms with Gasteiger partial charge in [0.1, 0.15) is 0 Å². The second-order valence-electron chi connectivity index (χ2n) is 16.8. The van der Waals surface area contributed by atoms with Crippen molar-refractivity contribution in [3.05, 3.63) is 70.8 Å². The zero-order chi connectivity index (χ0) is 34.4. The van der Waals surface area contributed by atoms with Crippen LogP contribution in [0.3, 0.4) is 0 Å². The summed E-state index contributed by atoms with van der Waals surface area (Å²) in [6.07, 6.45) is 10.5. The van der Waals surface area contributed by atoms with Crippen molar-refractivity contribution < 1.29 is 0 Å². The number of benzene rings is 2. The average Bonchev–Trinajstić information content (AvgIpc) is 3.09. The highest BCUT2D eigenvalue weighted by Crippen LogP contribution is 2.37. The number of piperidine rings is 3. The summed E-state index contributed by atoms with van der Waals surface area (Å²) in [5.74, 6) is 1.25. The summed E-state index contributed by atoms with van der Waals surface area (Å²) in [5.41, 5.74) is 24.9. The first-order valence-corrected chi connectivity index (χ1v) is 19.6. The molecule has 3 heterocycles. The van der Waals surface area contributed by atoms with E-state index >= 15 is 0 Å². The molecule has 48 heavy (non-hydrogen) atoms. The highest BCUT2D eigenvalue weighted by molar-refractivity contribution is 5.28. The SMILES string of the molecule is CC(Cc1ccc(C[C@H]2C[C@@H](CN)CCN2C(C)Cc2cccc([C@H]3C[C@H](CN)CCN3C(C)C)c2)cc1)N1CCC(C)([C@@H](C)N)CC1. The number of nitrogens with two attached hydrogens (primary N) is 3. The summed E-state index contributed by atoms with van der Waals surface area (Å²) in [6, 6.07) is 22.0. The van der Waals surface area contributed by atoms with Crippen LogP contribution in [0.4, 0.5) is 0 Å². The van der Waals surface area contributed by atoms with Crippen molar-refractivity contribution in [2.24, 2.45) is 34.5 Å². The molecule has 6 heteroatoms. The van der Waals surface area contributed by atoms with Crippen molar-refractivity contribution in [1.82, 2.24) is 14.7 Å². The quantitative estimate of drug-likeness (QED) is 0.231. The minimum Gasteiger partial charge on any atom is -0.330 e. The van der Waals surface area contributed by atoms with Crippen LogP contribution in [0.15, 0.2) is 48.5 Å². The van der Waals surface area contributed by atoms with Crippen LogP contribution in [-0.4, -0.2) is 84.2 Å². The Kier molecular flexibility index (Phi) is 13.2. The first-order chi connectivity index (χ1) is 23.0. The topological polar surface area (TPSA) is 87.8 Å². The van der Waals surface area contributed by atoms with Crippen LogP contribution in [0, 0.1) is 17.3 Å². The molecule has 6 N–H and O–H groups in total. The smallest absolute Gasteiger partial charge is 0.0354 e. The number of hydrogen-bond acceptors (Lipinski definition) is 6. The van der Waals surface area contributed by atoms with Crippen molar-refractivity contribution in [3.8, 4) is 0 Å². The molecule has 0 bridgehead atoms. The van der Waals surface area contributed by atoms with E-state index in [-0.39, 0.29) is 11.5 Å². The molecule has 6 nitrogen and oxygen atoms in total. The fraction of sp³-hybridized carbons (Fsp3) is 0.714. The van der Waals surface area contributed by atoms with Gasteiger partial charge in [-0.25, -0.2) is 0 Å². The molecule has 0 spiro atoms. The largest absolute Gasteiger partial charge is 0.330 e. The molecule has 3 aliphatic heterocycles. The van der Waals surface area contributed by atoms with E-state index in [1.807, 2.05) is 0 Å². The summed E-state index contributed by atoms with van der Waals surface area (Å²) in [5, 5.41) is 0. The lowest BCUT2D eigenvalue weighted by atomic mass is 9.75. The molecule has 3 fully saturated rings. The molecular weight excluding hydrogens is 589 g/mol. The number of likely N-dealkylation sites (tertiary alicyclic amines) is 3. The van der Waals surface area contributed by atoms with Crippen LogP contribution >= 0.6 is 0 Å². The molecular formula is C42H70N6.